The molecule has 0 aliphatic heterocycles. The van der Waals surface area contributed by atoms with Gasteiger partial charge in [-0.3, -0.25) is 0 Å². The standard InChI is InChI=1S/C8H14F3NO/c1-13-6(8(9,10)11)7(5-12)3-2-4-7/h6H,2-5,12H2,1H3. The fourth-order valence-electron chi connectivity index (χ4n) is 1.94. The highest BCUT2D eigenvalue weighted by atomic mass is 19.4. The van der Waals surface area contributed by atoms with Gasteiger partial charge in [0.15, 0.2) is 6.10 Å². The van der Waals surface area contributed by atoms with Crippen molar-refractivity contribution in [2.45, 2.75) is 31.5 Å². The van der Waals surface area contributed by atoms with Gasteiger partial charge in [-0.15, -0.1) is 0 Å². The van der Waals surface area contributed by atoms with Crippen molar-refractivity contribution in [1.29, 1.82) is 0 Å². The van der Waals surface area contributed by atoms with Gasteiger partial charge in [0.05, 0.1) is 0 Å². The van der Waals surface area contributed by atoms with Crippen LogP contribution >= 0.6 is 0 Å². The molecule has 0 saturated heterocycles. The topological polar surface area (TPSA) is 35.2 Å². The van der Waals surface area contributed by atoms with Crippen molar-refractivity contribution in [3.05, 3.63) is 0 Å². The Kier molecular flexibility index (Phi) is 2.87. The van der Waals surface area contributed by atoms with Gasteiger partial charge in [0.25, 0.3) is 0 Å². The van der Waals surface area contributed by atoms with E-state index in [1.165, 1.54) is 0 Å². The summed E-state index contributed by atoms with van der Waals surface area (Å²) in [4.78, 5) is 0. The van der Waals surface area contributed by atoms with Gasteiger partial charge in [-0.1, -0.05) is 6.42 Å². The number of hydrogen-bond donors (Lipinski definition) is 1. The molecule has 1 aliphatic carbocycles. The molecule has 5 heteroatoms. The van der Waals surface area contributed by atoms with Crippen LogP contribution in [0.5, 0.6) is 0 Å². The van der Waals surface area contributed by atoms with Gasteiger partial charge in [0.2, 0.25) is 0 Å². The van der Waals surface area contributed by atoms with E-state index < -0.39 is 17.7 Å². The van der Waals surface area contributed by atoms with Crippen LogP contribution in [0.25, 0.3) is 0 Å². The Labute approximate surface area is 75.2 Å². The van der Waals surface area contributed by atoms with E-state index in [2.05, 4.69) is 4.74 Å². The summed E-state index contributed by atoms with van der Waals surface area (Å²) in [6, 6.07) is 0. The van der Waals surface area contributed by atoms with Crippen molar-refractivity contribution in [3.8, 4) is 0 Å². The van der Waals surface area contributed by atoms with Crippen molar-refractivity contribution < 1.29 is 17.9 Å². The Balaban J connectivity index is 2.75. The molecular formula is C8H14F3NO. The molecule has 0 radical (unpaired) electrons. The first kappa shape index (κ1) is 10.8. The summed E-state index contributed by atoms with van der Waals surface area (Å²) >= 11 is 0. The van der Waals surface area contributed by atoms with E-state index in [4.69, 9.17) is 5.73 Å². The van der Waals surface area contributed by atoms with Crippen molar-refractivity contribution >= 4 is 0 Å². The normalized spacial score (nSPS) is 23.8. The van der Waals surface area contributed by atoms with E-state index in [1.54, 1.807) is 0 Å². The molecule has 1 aliphatic rings. The minimum absolute atomic E-state index is 0.0466. The Morgan fingerprint density at radius 3 is 2.08 bits per heavy atom. The molecule has 2 N–H and O–H groups in total. The maximum absolute atomic E-state index is 12.4. The smallest absolute Gasteiger partial charge is 0.371 e. The average Bonchev–Trinajstić information content (AvgIpc) is 1.93. The second-order valence-electron chi connectivity index (χ2n) is 3.58. The Bertz CT molecular complexity index is 171. The van der Waals surface area contributed by atoms with E-state index in [1.807, 2.05) is 0 Å². The highest BCUT2D eigenvalue weighted by Crippen LogP contribution is 2.49. The van der Waals surface area contributed by atoms with E-state index in [0.717, 1.165) is 13.5 Å². The van der Waals surface area contributed by atoms with Crippen molar-refractivity contribution in [3.63, 3.8) is 0 Å². The molecule has 2 nitrogen and oxygen atoms in total. The van der Waals surface area contributed by atoms with Gasteiger partial charge in [-0.05, 0) is 12.8 Å². The summed E-state index contributed by atoms with van der Waals surface area (Å²) in [5.41, 5.74) is 4.51. The van der Waals surface area contributed by atoms with Crippen LogP contribution in [0.15, 0.2) is 0 Å². The number of hydrogen-bond acceptors (Lipinski definition) is 2. The molecule has 1 atom stereocenters. The second-order valence-corrected chi connectivity index (χ2v) is 3.58. The van der Waals surface area contributed by atoms with Gasteiger partial charge in [0, 0.05) is 19.1 Å². The Morgan fingerprint density at radius 2 is 2.00 bits per heavy atom. The number of ether oxygens (including phenoxy) is 1. The van der Waals surface area contributed by atoms with Crippen molar-refractivity contribution in [1.82, 2.24) is 0 Å². The molecule has 0 aromatic carbocycles. The average molecular weight is 197 g/mol. The van der Waals surface area contributed by atoms with Crippen molar-refractivity contribution in [2.24, 2.45) is 11.1 Å². The lowest BCUT2D eigenvalue weighted by Gasteiger charge is -2.46. The van der Waals surface area contributed by atoms with Gasteiger partial charge in [0.1, 0.15) is 0 Å². The monoisotopic (exact) mass is 197 g/mol. The fraction of sp³-hybridized carbons (Fsp3) is 1.00. The zero-order chi connectivity index (χ0) is 10.1. The quantitative estimate of drug-likeness (QED) is 0.747. The number of rotatable bonds is 3. The molecule has 13 heavy (non-hydrogen) atoms. The molecule has 1 rings (SSSR count). The first-order valence-electron chi connectivity index (χ1n) is 4.26. The molecule has 0 heterocycles. The summed E-state index contributed by atoms with van der Waals surface area (Å²) in [6.07, 6.45) is -4.15. The van der Waals surface area contributed by atoms with E-state index >= 15 is 0 Å². The third-order valence-electron chi connectivity index (χ3n) is 2.85. The largest absolute Gasteiger partial charge is 0.415 e. The van der Waals surface area contributed by atoms with Crippen LogP contribution in [-0.4, -0.2) is 25.9 Å². The lowest BCUT2D eigenvalue weighted by atomic mass is 9.65. The van der Waals surface area contributed by atoms with Crippen LogP contribution in [0.4, 0.5) is 13.2 Å². The molecule has 1 unspecified atom stereocenters. The van der Waals surface area contributed by atoms with Crippen molar-refractivity contribution in [2.75, 3.05) is 13.7 Å². The zero-order valence-electron chi connectivity index (χ0n) is 7.53. The first-order valence-corrected chi connectivity index (χ1v) is 4.26. The minimum atomic E-state index is -4.30. The number of methoxy groups -OCH3 is 1. The maximum atomic E-state index is 12.4. The molecule has 0 spiro atoms. The fourth-order valence-corrected chi connectivity index (χ4v) is 1.94. The van der Waals surface area contributed by atoms with Crippen LogP contribution in [0.2, 0.25) is 0 Å². The lowest BCUT2D eigenvalue weighted by Crippen LogP contribution is -2.54. The zero-order valence-corrected chi connectivity index (χ0v) is 7.53. The van der Waals surface area contributed by atoms with Crippen LogP contribution in [0.1, 0.15) is 19.3 Å². The third kappa shape index (κ3) is 1.81. The van der Waals surface area contributed by atoms with Gasteiger partial charge < -0.3 is 10.5 Å². The molecular weight excluding hydrogens is 183 g/mol. The van der Waals surface area contributed by atoms with E-state index in [9.17, 15) is 13.2 Å². The summed E-state index contributed by atoms with van der Waals surface area (Å²) in [5.74, 6) is 0. The van der Waals surface area contributed by atoms with Crippen LogP contribution < -0.4 is 5.73 Å². The number of halogens is 3. The SMILES string of the molecule is COC(C(F)(F)F)C1(CN)CCC1. The number of alkyl halides is 3. The maximum Gasteiger partial charge on any atom is 0.415 e. The van der Waals surface area contributed by atoms with E-state index in [-0.39, 0.29) is 6.54 Å². The molecule has 0 aromatic rings. The predicted molar refractivity (Wildman–Crippen MR) is 42.2 cm³/mol. The van der Waals surface area contributed by atoms with Crippen LogP contribution in [0.3, 0.4) is 0 Å². The van der Waals surface area contributed by atoms with Gasteiger partial charge in [-0.25, -0.2) is 0 Å². The summed E-state index contributed by atoms with van der Waals surface area (Å²) in [7, 11) is 1.09. The summed E-state index contributed by atoms with van der Waals surface area (Å²) < 4.78 is 41.8. The highest BCUT2D eigenvalue weighted by Gasteiger charge is 2.56. The minimum Gasteiger partial charge on any atom is -0.371 e. The first-order chi connectivity index (χ1) is 5.96. The molecule has 0 bridgehead atoms. The van der Waals surface area contributed by atoms with Gasteiger partial charge >= 0.3 is 6.18 Å². The molecule has 0 aromatic heterocycles. The van der Waals surface area contributed by atoms with E-state index in [0.29, 0.717) is 12.8 Å². The molecule has 1 saturated carbocycles. The summed E-state index contributed by atoms with van der Waals surface area (Å²) in [5, 5.41) is 0. The molecule has 1 fully saturated rings. The van der Waals surface area contributed by atoms with Gasteiger partial charge in [-0.2, -0.15) is 13.2 Å². The number of nitrogens with two attached hydrogens (primary N) is 1. The Morgan fingerprint density at radius 1 is 1.46 bits per heavy atom. The van der Waals surface area contributed by atoms with Crippen LogP contribution in [0, 0.1) is 5.41 Å². The summed E-state index contributed by atoms with van der Waals surface area (Å²) in [6.45, 7) is 0.0466. The highest BCUT2D eigenvalue weighted by molar-refractivity contribution is 4.98. The molecule has 78 valence electrons. The third-order valence-corrected chi connectivity index (χ3v) is 2.85. The predicted octanol–water partition coefficient (Wildman–Crippen LogP) is 1.69. The second kappa shape index (κ2) is 3.46. The van der Waals surface area contributed by atoms with Crippen LogP contribution in [-0.2, 0) is 4.74 Å². The lowest BCUT2D eigenvalue weighted by molar-refractivity contribution is -0.259. The Hall–Kier alpha value is -0.290. The molecule has 0 amide bonds.